The smallest absolute Gasteiger partial charge is 0.304 e. The molecule has 0 saturated carbocycles. The molecule has 5 heteroatoms. The Morgan fingerprint density at radius 3 is 2.47 bits per heavy atom. The first-order valence-electron chi connectivity index (χ1n) is 5.23. The van der Waals surface area contributed by atoms with Crippen molar-refractivity contribution in [3.8, 4) is 5.75 Å². The van der Waals surface area contributed by atoms with Gasteiger partial charge in [0, 0.05) is 12.1 Å². The van der Waals surface area contributed by atoms with Gasteiger partial charge in [-0.15, -0.1) is 0 Å². The molecule has 0 fully saturated rings. The van der Waals surface area contributed by atoms with Crippen LogP contribution in [0.1, 0.15) is 16.8 Å². The van der Waals surface area contributed by atoms with Crippen molar-refractivity contribution in [3.05, 3.63) is 29.8 Å². The predicted octanol–water partition coefficient (Wildman–Crippen LogP) is 0.942. The lowest BCUT2D eigenvalue weighted by Crippen LogP contribution is -2.25. The number of methoxy groups -OCH3 is 1. The van der Waals surface area contributed by atoms with Crippen LogP contribution in [0.5, 0.6) is 5.75 Å². The SMILES string of the molecule is COc1ccc(C(=O)CNCCC(=O)O)cc1. The number of nitrogens with one attached hydrogen (secondary N) is 1. The van der Waals surface area contributed by atoms with E-state index in [2.05, 4.69) is 5.32 Å². The number of hydrogen-bond donors (Lipinski definition) is 2. The molecule has 92 valence electrons. The van der Waals surface area contributed by atoms with Crippen LogP contribution in [0, 0.1) is 0 Å². The highest BCUT2D eigenvalue weighted by molar-refractivity contribution is 5.97. The number of carboxylic acid groups (broad SMARTS) is 1. The Morgan fingerprint density at radius 2 is 1.94 bits per heavy atom. The molecule has 5 nitrogen and oxygen atoms in total. The second-order valence-corrected chi connectivity index (χ2v) is 3.47. The molecular formula is C12H15NO4. The van der Waals surface area contributed by atoms with E-state index in [-0.39, 0.29) is 25.3 Å². The highest BCUT2D eigenvalue weighted by atomic mass is 16.5. The third-order valence-electron chi connectivity index (χ3n) is 2.21. The number of aliphatic carboxylic acids is 1. The minimum atomic E-state index is -0.880. The second-order valence-electron chi connectivity index (χ2n) is 3.47. The van der Waals surface area contributed by atoms with Crippen molar-refractivity contribution in [1.82, 2.24) is 5.32 Å². The van der Waals surface area contributed by atoms with E-state index in [1.54, 1.807) is 31.4 Å². The summed E-state index contributed by atoms with van der Waals surface area (Å²) in [6.45, 7) is 0.427. The lowest BCUT2D eigenvalue weighted by Gasteiger charge is -2.04. The summed E-state index contributed by atoms with van der Waals surface area (Å²) in [7, 11) is 1.56. The van der Waals surface area contributed by atoms with E-state index in [4.69, 9.17) is 9.84 Å². The van der Waals surface area contributed by atoms with Gasteiger partial charge in [0.2, 0.25) is 0 Å². The molecule has 2 N–H and O–H groups in total. The number of rotatable bonds is 7. The average Bonchev–Trinajstić information content (AvgIpc) is 2.34. The molecule has 0 unspecified atom stereocenters. The molecule has 0 atom stereocenters. The molecular weight excluding hydrogens is 222 g/mol. The normalized spacial score (nSPS) is 9.94. The highest BCUT2D eigenvalue weighted by Crippen LogP contribution is 2.11. The fourth-order valence-corrected chi connectivity index (χ4v) is 1.28. The van der Waals surface area contributed by atoms with Crippen molar-refractivity contribution in [1.29, 1.82) is 0 Å². The number of Topliss-reactive ketones (excluding diaryl/α,β-unsaturated/α-hetero) is 1. The van der Waals surface area contributed by atoms with Gasteiger partial charge in [-0.2, -0.15) is 0 Å². The number of carbonyl (C=O) groups is 2. The summed E-state index contributed by atoms with van der Waals surface area (Å²) in [6.07, 6.45) is 0.00981. The van der Waals surface area contributed by atoms with Crippen molar-refractivity contribution < 1.29 is 19.4 Å². The summed E-state index contributed by atoms with van der Waals surface area (Å²) in [6, 6.07) is 6.79. The van der Waals surface area contributed by atoms with Crippen molar-refractivity contribution >= 4 is 11.8 Å². The van der Waals surface area contributed by atoms with Crippen molar-refractivity contribution in [2.45, 2.75) is 6.42 Å². The zero-order valence-corrected chi connectivity index (χ0v) is 9.60. The predicted molar refractivity (Wildman–Crippen MR) is 62.4 cm³/mol. The summed E-state index contributed by atoms with van der Waals surface area (Å²) in [4.78, 5) is 21.9. The van der Waals surface area contributed by atoms with E-state index in [1.807, 2.05) is 0 Å². The third kappa shape index (κ3) is 4.65. The fraction of sp³-hybridized carbons (Fsp3) is 0.333. The van der Waals surface area contributed by atoms with E-state index in [0.717, 1.165) is 0 Å². The molecule has 0 saturated heterocycles. The molecule has 0 bridgehead atoms. The van der Waals surface area contributed by atoms with Crippen LogP contribution in [0.4, 0.5) is 0 Å². The topological polar surface area (TPSA) is 75.6 Å². The standard InChI is InChI=1S/C12H15NO4/c1-17-10-4-2-9(3-5-10)11(14)8-13-7-6-12(15)16/h2-5,13H,6-8H2,1H3,(H,15,16). The summed E-state index contributed by atoms with van der Waals surface area (Å²) in [5.74, 6) is -0.257. The lowest BCUT2D eigenvalue weighted by atomic mass is 10.1. The molecule has 0 aliphatic carbocycles. The first-order valence-corrected chi connectivity index (χ1v) is 5.23. The Hall–Kier alpha value is -1.88. The molecule has 0 heterocycles. The number of carboxylic acids is 1. The van der Waals surface area contributed by atoms with Crippen LogP contribution < -0.4 is 10.1 Å². The third-order valence-corrected chi connectivity index (χ3v) is 2.21. The number of ketones is 1. The van der Waals surface area contributed by atoms with Gasteiger partial charge in [0.1, 0.15) is 5.75 Å². The maximum atomic E-state index is 11.6. The summed E-state index contributed by atoms with van der Waals surface area (Å²) in [5.41, 5.74) is 0.577. The lowest BCUT2D eigenvalue weighted by molar-refractivity contribution is -0.136. The van der Waals surface area contributed by atoms with Gasteiger partial charge in [-0.25, -0.2) is 0 Å². The maximum absolute atomic E-state index is 11.6. The van der Waals surface area contributed by atoms with Crippen LogP contribution in [-0.4, -0.2) is 37.1 Å². The van der Waals surface area contributed by atoms with E-state index in [0.29, 0.717) is 11.3 Å². The molecule has 1 aromatic carbocycles. The number of carbonyl (C=O) groups excluding carboxylic acids is 1. The number of hydrogen-bond acceptors (Lipinski definition) is 4. The van der Waals surface area contributed by atoms with E-state index in [9.17, 15) is 9.59 Å². The quantitative estimate of drug-likeness (QED) is 0.545. The number of ether oxygens (including phenoxy) is 1. The second kappa shape index (κ2) is 6.65. The van der Waals surface area contributed by atoms with Crippen LogP contribution in [-0.2, 0) is 4.79 Å². The molecule has 0 amide bonds. The Balaban J connectivity index is 2.38. The molecule has 0 aromatic heterocycles. The van der Waals surface area contributed by atoms with Gasteiger partial charge in [0.25, 0.3) is 0 Å². The zero-order chi connectivity index (χ0) is 12.7. The van der Waals surface area contributed by atoms with Crippen LogP contribution in [0.2, 0.25) is 0 Å². The fourth-order valence-electron chi connectivity index (χ4n) is 1.28. The Kier molecular flexibility index (Phi) is 5.16. The summed E-state index contributed by atoms with van der Waals surface area (Å²) >= 11 is 0. The summed E-state index contributed by atoms with van der Waals surface area (Å²) in [5, 5.41) is 11.2. The van der Waals surface area contributed by atoms with E-state index < -0.39 is 5.97 Å². The minimum Gasteiger partial charge on any atom is -0.497 e. The van der Waals surface area contributed by atoms with Gasteiger partial charge in [-0.05, 0) is 24.3 Å². The van der Waals surface area contributed by atoms with Gasteiger partial charge in [-0.1, -0.05) is 0 Å². The van der Waals surface area contributed by atoms with Gasteiger partial charge < -0.3 is 15.2 Å². The van der Waals surface area contributed by atoms with Crippen LogP contribution in [0.15, 0.2) is 24.3 Å². The Morgan fingerprint density at radius 1 is 1.29 bits per heavy atom. The molecule has 17 heavy (non-hydrogen) atoms. The Labute approximate surface area is 99.4 Å². The minimum absolute atomic E-state index is 0.00981. The highest BCUT2D eigenvalue weighted by Gasteiger charge is 2.05. The van der Waals surface area contributed by atoms with E-state index in [1.165, 1.54) is 0 Å². The van der Waals surface area contributed by atoms with Crippen LogP contribution >= 0.6 is 0 Å². The first kappa shape index (κ1) is 13.2. The molecule has 0 spiro atoms. The van der Waals surface area contributed by atoms with E-state index >= 15 is 0 Å². The average molecular weight is 237 g/mol. The molecule has 0 aliphatic heterocycles. The van der Waals surface area contributed by atoms with Crippen LogP contribution in [0.3, 0.4) is 0 Å². The number of benzene rings is 1. The maximum Gasteiger partial charge on any atom is 0.304 e. The molecule has 0 aliphatic rings. The van der Waals surface area contributed by atoms with Crippen LogP contribution in [0.25, 0.3) is 0 Å². The summed E-state index contributed by atoms with van der Waals surface area (Å²) < 4.78 is 4.98. The molecule has 1 rings (SSSR count). The first-order chi connectivity index (χ1) is 8.13. The van der Waals surface area contributed by atoms with Gasteiger partial charge in [0.15, 0.2) is 5.78 Å². The molecule has 0 radical (unpaired) electrons. The van der Waals surface area contributed by atoms with Crippen molar-refractivity contribution in [3.63, 3.8) is 0 Å². The van der Waals surface area contributed by atoms with Gasteiger partial charge >= 0.3 is 5.97 Å². The molecule has 1 aromatic rings. The largest absolute Gasteiger partial charge is 0.497 e. The van der Waals surface area contributed by atoms with Gasteiger partial charge in [0.05, 0.1) is 20.1 Å². The monoisotopic (exact) mass is 237 g/mol. The van der Waals surface area contributed by atoms with Crippen molar-refractivity contribution in [2.24, 2.45) is 0 Å². The van der Waals surface area contributed by atoms with Gasteiger partial charge in [-0.3, -0.25) is 9.59 Å². The van der Waals surface area contributed by atoms with Crippen molar-refractivity contribution in [2.75, 3.05) is 20.2 Å². The zero-order valence-electron chi connectivity index (χ0n) is 9.60. The Bertz CT molecular complexity index is 386.